The van der Waals surface area contributed by atoms with Crippen LogP contribution in [0, 0.1) is 0 Å². The molecule has 0 aliphatic heterocycles. The molecule has 0 fully saturated rings. The monoisotopic (exact) mass is 368 g/mol. The number of anilines is 1. The molecule has 0 radical (unpaired) electrons. The summed E-state index contributed by atoms with van der Waals surface area (Å²) >= 11 is 3.01. The van der Waals surface area contributed by atoms with Gasteiger partial charge in [-0.1, -0.05) is 18.3 Å². The van der Waals surface area contributed by atoms with Gasteiger partial charge in [0.2, 0.25) is 5.91 Å². The predicted octanol–water partition coefficient (Wildman–Crippen LogP) is 2.85. The SMILES string of the molecule is CCCNC(=O)CCNC(=O)c1cc2sc(N(CC)CC)nc2s1. The topological polar surface area (TPSA) is 74.3 Å². The molecule has 0 bridgehead atoms. The largest absolute Gasteiger partial charge is 0.356 e. The van der Waals surface area contributed by atoms with Gasteiger partial charge in [0.25, 0.3) is 5.91 Å². The number of rotatable bonds is 9. The minimum Gasteiger partial charge on any atom is -0.356 e. The van der Waals surface area contributed by atoms with Crippen molar-refractivity contribution in [3.05, 3.63) is 10.9 Å². The highest BCUT2D eigenvalue weighted by atomic mass is 32.1. The highest BCUT2D eigenvalue weighted by Crippen LogP contribution is 2.34. The molecule has 0 spiro atoms. The van der Waals surface area contributed by atoms with Gasteiger partial charge in [-0.2, -0.15) is 0 Å². The molecule has 132 valence electrons. The Balaban J connectivity index is 1.91. The van der Waals surface area contributed by atoms with Crippen molar-refractivity contribution in [3.8, 4) is 0 Å². The standard InChI is InChI=1S/C16H24N4O2S2/c1-4-8-17-13(21)7-9-18-14(22)11-10-12-15(23-11)19-16(24-12)20(5-2)6-3/h10H,4-9H2,1-3H3,(H,17,21)(H,18,22). The van der Waals surface area contributed by atoms with Crippen LogP contribution in [0.5, 0.6) is 0 Å². The molecule has 2 N–H and O–H groups in total. The third-order valence-electron chi connectivity index (χ3n) is 3.55. The Morgan fingerprint density at radius 1 is 1.12 bits per heavy atom. The molecule has 2 rings (SSSR count). The summed E-state index contributed by atoms with van der Waals surface area (Å²) in [5.74, 6) is -0.173. The molecule has 0 aliphatic rings. The number of thiophene rings is 1. The number of nitrogens with one attached hydrogen (secondary N) is 2. The lowest BCUT2D eigenvalue weighted by atomic mass is 10.3. The van der Waals surface area contributed by atoms with E-state index in [1.165, 1.54) is 11.3 Å². The first-order chi connectivity index (χ1) is 11.6. The fourth-order valence-corrected chi connectivity index (χ4v) is 4.45. The van der Waals surface area contributed by atoms with Gasteiger partial charge in [0.15, 0.2) is 5.13 Å². The van der Waals surface area contributed by atoms with Gasteiger partial charge in [-0.05, 0) is 26.3 Å². The van der Waals surface area contributed by atoms with E-state index in [1.54, 1.807) is 11.3 Å². The zero-order valence-electron chi connectivity index (χ0n) is 14.3. The summed E-state index contributed by atoms with van der Waals surface area (Å²) < 4.78 is 1.03. The van der Waals surface area contributed by atoms with Crippen LogP contribution in [-0.4, -0.2) is 43.0 Å². The zero-order chi connectivity index (χ0) is 17.5. The molecule has 24 heavy (non-hydrogen) atoms. The number of thiazole rings is 1. The van der Waals surface area contributed by atoms with Gasteiger partial charge in [-0.15, -0.1) is 11.3 Å². The van der Waals surface area contributed by atoms with E-state index in [0.29, 0.717) is 24.4 Å². The van der Waals surface area contributed by atoms with Crippen LogP contribution in [0.1, 0.15) is 43.3 Å². The van der Waals surface area contributed by atoms with E-state index in [4.69, 9.17) is 0 Å². The quantitative estimate of drug-likeness (QED) is 0.714. The van der Waals surface area contributed by atoms with E-state index >= 15 is 0 Å². The maximum absolute atomic E-state index is 12.2. The van der Waals surface area contributed by atoms with Gasteiger partial charge in [0.1, 0.15) is 4.83 Å². The minimum atomic E-state index is -0.141. The molecule has 0 unspecified atom stereocenters. The van der Waals surface area contributed by atoms with Gasteiger partial charge < -0.3 is 15.5 Å². The second-order valence-corrected chi connectivity index (χ2v) is 7.34. The summed E-state index contributed by atoms with van der Waals surface area (Å²) in [4.78, 5) is 32.0. The van der Waals surface area contributed by atoms with E-state index in [0.717, 1.165) is 34.2 Å². The number of carbonyl (C=O) groups is 2. The second-order valence-electron chi connectivity index (χ2n) is 5.30. The Bertz CT molecular complexity index is 660. The summed E-state index contributed by atoms with van der Waals surface area (Å²) in [6, 6.07) is 1.89. The van der Waals surface area contributed by atoms with Gasteiger partial charge in [-0.25, -0.2) is 4.98 Å². The number of amides is 2. The molecule has 2 amide bonds. The van der Waals surface area contributed by atoms with E-state index in [-0.39, 0.29) is 11.8 Å². The summed E-state index contributed by atoms with van der Waals surface area (Å²) in [7, 11) is 0. The lowest BCUT2D eigenvalue weighted by molar-refractivity contribution is -0.120. The van der Waals surface area contributed by atoms with E-state index < -0.39 is 0 Å². The zero-order valence-corrected chi connectivity index (χ0v) is 16.0. The molecular weight excluding hydrogens is 344 g/mol. The van der Waals surface area contributed by atoms with Crippen molar-refractivity contribution >= 4 is 49.1 Å². The van der Waals surface area contributed by atoms with Gasteiger partial charge in [-0.3, -0.25) is 9.59 Å². The molecule has 0 atom stereocenters. The van der Waals surface area contributed by atoms with Crippen LogP contribution in [0.4, 0.5) is 5.13 Å². The Morgan fingerprint density at radius 3 is 2.50 bits per heavy atom. The molecule has 2 aromatic heterocycles. The Labute approximate surface area is 150 Å². The average molecular weight is 369 g/mol. The van der Waals surface area contributed by atoms with Crippen LogP contribution < -0.4 is 15.5 Å². The highest BCUT2D eigenvalue weighted by molar-refractivity contribution is 7.29. The van der Waals surface area contributed by atoms with Crippen molar-refractivity contribution in [1.82, 2.24) is 15.6 Å². The number of hydrogen-bond acceptors (Lipinski definition) is 6. The van der Waals surface area contributed by atoms with Gasteiger partial charge in [0, 0.05) is 32.6 Å². The Kier molecular flexibility index (Phi) is 6.99. The number of aromatic nitrogens is 1. The van der Waals surface area contributed by atoms with E-state index in [1.807, 2.05) is 13.0 Å². The van der Waals surface area contributed by atoms with Crippen molar-refractivity contribution in [2.24, 2.45) is 0 Å². The molecule has 6 nitrogen and oxygen atoms in total. The predicted molar refractivity (Wildman–Crippen MR) is 101 cm³/mol. The van der Waals surface area contributed by atoms with Crippen LogP contribution in [0.25, 0.3) is 9.53 Å². The third-order valence-corrected chi connectivity index (χ3v) is 5.77. The Morgan fingerprint density at radius 2 is 1.88 bits per heavy atom. The minimum absolute atomic E-state index is 0.0326. The molecule has 0 aromatic carbocycles. The van der Waals surface area contributed by atoms with Crippen LogP contribution in [-0.2, 0) is 4.79 Å². The average Bonchev–Trinajstić information content (AvgIpc) is 3.13. The molecule has 0 saturated heterocycles. The summed E-state index contributed by atoms with van der Waals surface area (Å²) in [6.45, 7) is 9.08. The van der Waals surface area contributed by atoms with Gasteiger partial charge >= 0.3 is 0 Å². The summed E-state index contributed by atoms with van der Waals surface area (Å²) in [5.41, 5.74) is 0. The molecule has 8 heteroatoms. The lowest BCUT2D eigenvalue weighted by Crippen LogP contribution is -2.30. The normalized spacial score (nSPS) is 10.8. The van der Waals surface area contributed by atoms with Crippen LogP contribution in [0.15, 0.2) is 6.07 Å². The van der Waals surface area contributed by atoms with Crippen molar-refractivity contribution < 1.29 is 9.59 Å². The summed E-state index contributed by atoms with van der Waals surface area (Å²) in [5, 5.41) is 6.58. The third kappa shape index (κ3) is 4.67. The van der Waals surface area contributed by atoms with Crippen molar-refractivity contribution in [3.63, 3.8) is 0 Å². The van der Waals surface area contributed by atoms with Gasteiger partial charge in [0.05, 0.1) is 9.58 Å². The molecule has 0 saturated carbocycles. The Hall–Kier alpha value is -1.67. The smallest absolute Gasteiger partial charge is 0.261 e. The second kappa shape index (κ2) is 8.98. The maximum Gasteiger partial charge on any atom is 0.261 e. The van der Waals surface area contributed by atoms with Crippen LogP contribution >= 0.6 is 22.7 Å². The first-order valence-electron chi connectivity index (χ1n) is 8.29. The summed E-state index contributed by atoms with van der Waals surface area (Å²) in [6.07, 6.45) is 1.21. The molecule has 2 heterocycles. The van der Waals surface area contributed by atoms with Crippen molar-refractivity contribution in [2.45, 2.75) is 33.6 Å². The number of carbonyl (C=O) groups excluding carboxylic acids is 2. The van der Waals surface area contributed by atoms with Crippen molar-refractivity contribution in [1.29, 1.82) is 0 Å². The number of nitrogens with zero attached hydrogens (tertiary/aromatic N) is 2. The van der Waals surface area contributed by atoms with Crippen LogP contribution in [0.2, 0.25) is 0 Å². The van der Waals surface area contributed by atoms with E-state index in [9.17, 15) is 9.59 Å². The van der Waals surface area contributed by atoms with Crippen LogP contribution in [0.3, 0.4) is 0 Å². The van der Waals surface area contributed by atoms with E-state index in [2.05, 4.69) is 34.4 Å². The van der Waals surface area contributed by atoms with Crippen molar-refractivity contribution in [2.75, 3.05) is 31.1 Å². The number of hydrogen-bond donors (Lipinski definition) is 2. The number of fused-ring (bicyclic) bond motifs is 1. The maximum atomic E-state index is 12.2. The first kappa shape index (κ1) is 18.7. The fourth-order valence-electron chi connectivity index (χ4n) is 2.19. The molecular formula is C16H24N4O2S2. The molecule has 0 aliphatic carbocycles. The fraction of sp³-hybridized carbons (Fsp3) is 0.562. The first-order valence-corrected chi connectivity index (χ1v) is 9.92. The lowest BCUT2D eigenvalue weighted by Gasteiger charge is -2.16. The molecule has 2 aromatic rings. The highest BCUT2D eigenvalue weighted by Gasteiger charge is 2.16.